The second-order valence-corrected chi connectivity index (χ2v) is 11.6. The lowest BCUT2D eigenvalue weighted by Gasteiger charge is -2.36. The van der Waals surface area contributed by atoms with E-state index in [4.69, 9.17) is 21.4 Å². The minimum atomic E-state index is -0.197. The number of aryl methyl sites for hydroxylation is 1. The largest absolute Gasteiger partial charge is 0.378 e. The molecule has 1 N–H and O–H groups in total. The summed E-state index contributed by atoms with van der Waals surface area (Å²) in [6, 6.07) is 9.33. The molecule has 2 aliphatic carbocycles. The zero-order valence-electron chi connectivity index (χ0n) is 22.7. The van der Waals surface area contributed by atoms with Crippen LogP contribution in [-0.2, 0) is 16.1 Å². The summed E-state index contributed by atoms with van der Waals surface area (Å²) in [4.78, 5) is 32.2. The second-order valence-electron chi connectivity index (χ2n) is 11.2. The minimum Gasteiger partial charge on any atom is -0.378 e. The summed E-state index contributed by atoms with van der Waals surface area (Å²) in [6.45, 7) is 4.98. The van der Waals surface area contributed by atoms with Gasteiger partial charge in [-0.25, -0.2) is 4.98 Å². The zero-order valence-corrected chi connectivity index (χ0v) is 23.5. The van der Waals surface area contributed by atoms with Crippen molar-refractivity contribution < 1.29 is 14.3 Å². The van der Waals surface area contributed by atoms with Crippen LogP contribution in [0.15, 0.2) is 36.7 Å². The molecule has 3 heterocycles. The van der Waals surface area contributed by atoms with Crippen molar-refractivity contribution in [3.05, 3.63) is 75.2 Å². The van der Waals surface area contributed by atoms with Gasteiger partial charge in [0.25, 0.3) is 5.91 Å². The molecule has 3 aromatic rings. The van der Waals surface area contributed by atoms with E-state index < -0.39 is 0 Å². The lowest BCUT2D eigenvalue weighted by molar-refractivity contribution is -0.118. The van der Waals surface area contributed by atoms with E-state index in [0.717, 1.165) is 42.5 Å². The van der Waals surface area contributed by atoms with Gasteiger partial charge in [-0.3, -0.25) is 19.2 Å². The number of aromatic nitrogens is 3. The first-order valence-electron chi connectivity index (χ1n) is 13.6. The lowest BCUT2D eigenvalue weighted by Crippen LogP contribution is -2.43. The summed E-state index contributed by atoms with van der Waals surface area (Å²) in [5.74, 6) is 1.53. The molecule has 2 saturated carbocycles. The standard InChI is InChI=1S/C30H31ClN6O3/c1-16-6-28(36-13-20-9-24(20)30(36)39)33-12-25(16)17(2)37-14-26(27(35-37)15-40-3)29(38)34-22-7-19(8-22)23-10-21(31)5-4-18(23)11-32/h4-6,10,12,14,17,19-20,22,24H,7-9,13,15H2,1-3H3,(H,34,38)/t17?,19-,20-,22+,24-/m1/s1. The van der Waals surface area contributed by atoms with E-state index in [2.05, 4.69) is 16.4 Å². The molecule has 1 saturated heterocycles. The first kappa shape index (κ1) is 26.5. The van der Waals surface area contributed by atoms with Crippen molar-refractivity contribution in [3.63, 3.8) is 0 Å². The highest BCUT2D eigenvalue weighted by atomic mass is 35.5. The predicted molar refractivity (Wildman–Crippen MR) is 149 cm³/mol. The highest BCUT2D eigenvalue weighted by molar-refractivity contribution is 6.30. The number of fused-ring (bicyclic) bond motifs is 1. The Morgan fingerprint density at radius 3 is 2.77 bits per heavy atom. The number of carbonyl (C=O) groups excluding carboxylic acids is 2. The van der Waals surface area contributed by atoms with E-state index in [1.165, 1.54) is 0 Å². The van der Waals surface area contributed by atoms with Crippen LogP contribution in [0.25, 0.3) is 0 Å². The fraction of sp³-hybridized carbons (Fsp3) is 0.433. The third kappa shape index (κ3) is 4.76. The fourth-order valence-electron chi connectivity index (χ4n) is 6.05. The van der Waals surface area contributed by atoms with Crippen molar-refractivity contribution in [3.8, 4) is 6.07 Å². The maximum Gasteiger partial charge on any atom is 0.255 e. The van der Waals surface area contributed by atoms with Crippen LogP contribution in [0, 0.1) is 30.1 Å². The van der Waals surface area contributed by atoms with Gasteiger partial charge in [0.2, 0.25) is 5.91 Å². The van der Waals surface area contributed by atoms with E-state index in [0.29, 0.717) is 33.6 Å². The summed E-state index contributed by atoms with van der Waals surface area (Å²) in [7, 11) is 1.58. The molecule has 3 aliphatic rings. The number of methoxy groups -OCH3 is 1. The number of amides is 2. The fourth-order valence-corrected chi connectivity index (χ4v) is 6.23. The van der Waals surface area contributed by atoms with Crippen LogP contribution in [0.5, 0.6) is 0 Å². The van der Waals surface area contributed by atoms with Gasteiger partial charge in [0.05, 0.1) is 29.8 Å². The molecular weight excluding hydrogens is 528 g/mol. The number of rotatable bonds is 8. The number of ether oxygens (including phenoxy) is 1. The Bertz CT molecular complexity index is 1540. The smallest absolute Gasteiger partial charge is 0.255 e. The summed E-state index contributed by atoms with van der Waals surface area (Å²) >= 11 is 6.16. The minimum absolute atomic E-state index is 0.00230. The molecule has 3 atom stereocenters. The molecule has 40 heavy (non-hydrogen) atoms. The number of hydrogen-bond donors (Lipinski definition) is 1. The average molecular weight is 559 g/mol. The lowest BCUT2D eigenvalue weighted by atomic mass is 9.74. The van der Waals surface area contributed by atoms with Crippen LogP contribution in [0.1, 0.15) is 76.5 Å². The molecule has 2 amide bonds. The van der Waals surface area contributed by atoms with Crippen LogP contribution in [0.3, 0.4) is 0 Å². The number of nitriles is 1. The van der Waals surface area contributed by atoms with E-state index in [1.54, 1.807) is 35.0 Å². The number of halogens is 1. The number of anilines is 1. The normalized spacial score (nSPS) is 23.8. The number of piperidine rings is 1. The van der Waals surface area contributed by atoms with Gasteiger partial charge in [-0.15, -0.1) is 0 Å². The summed E-state index contributed by atoms with van der Waals surface area (Å²) in [5.41, 5.74) is 4.58. The van der Waals surface area contributed by atoms with Gasteiger partial charge in [-0.05, 0) is 85.9 Å². The Labute approximate surface area is 238 Å². The molecule has 10 heteroatoms. The number of nitrogens with zero attached hydrogens (tertiary/aromatic N) is 5. The van der Waals surface area contributed by atoms with Crippen LogP contribution >= 0.6 is 11.6 Å². The first-order valence-corrected chi connectivity index (χ1v) is 14.0. The van der Waals surface area contributed by atoms with Crippen molar-refractivity contribution in [1.82, 2.24) is 20.1 Å². The maximum absolute atomic E-state index is 13.3. The molecule has 0 spiro atoms. The van der Waals surface area contributed by atoms with Crippen LogP contribution in [0.4, 0.5) is 5.82 Å². The Morgan fingerprint density at radius 1 is 1.30 bits per heavy atom. The summed E-state index contributed by atoms with van der Waals surface area (Å²) in [6.07, 6.45) is 6.06. The number of carbonyl (C=O) groups is 2. The molecule has 2 aromatic heterocycles. The van der Waals surface area contributed by atoms with Gasteiger partial charge in [0.1, 0.15) is 11.5 Å². The molecule has 1 unspecified atom stereocenters. The topological polar surface area (TPSA) is 113 Å². The van der Waals surface area contributed by atoms with Gasteiger partial charge in [0, 0.05) is 43.0 Å². The highest BCUT2D eigenvalue weighted by Crippen LogP contribution is 2.47. The van der Waals surface area contributed by atoms with Crippen molar-refractivity contribution in [2.75, 3.05) is 18.6 Å². The Morgan fingerprint density at radius 2 is 2.10 bits per heavy atom. The van der Waals surface area contributed by atoms with Gasteiger partial charge < -0.3 is 10.1 Å². The summed E-state index contributed by atoms with van der Waals surface area (Å²) in [5, 5.41) is 17.9. The van der Waals surface area contributed by atoms with Gasteiger partial charge >= 0.3 is 0 Å². The molecule has 0 radical (unpaired) electrons. The molecule has 9 nitrogen and oxygen atoms in total. The highest BCUT2D eigenvalue weighted by Gasteiger charge is 2.52. The molecule has 6 rings (SSSR count). The SMILES string of the molecule is COCc1nn(C(C)c2cnc(N3C[C@H]4C[C@H]4C3=O)cc2C)cc1C(=O)N[C@H]1C[C@@H](c2cc(Cl)ccc2C#N)C1. The van der Waals surface area contributed by atoms with Crippen molar-refractivity contribution >= 4 is 29.2 Å². The summed E-state index contributed by atoms with van der Waals surface area (Å²) < 4.78 is 7.12. The number of nitrogens with one attached hydrogen (secondary N) is 1. The van der Waals surface area contributed by atoms with Gasteiger partial charge in [-0.2, -0.15) is 10.4 Å². The maximum atomic E-state index is 13.3. The monoisotopic (exact) mass is 558 g/mol. The first-order chi connectivity index (χ1) is 19.3. The molecular formula is C30H31ClN6O3. The van der Waals surface area contributed by atoms with Crippen molar-refractivity contribution in [1.29, 1.82) is 5.26 Å². The van der Waals surface area contributed by atoms with E-state index in [1.807, 2.05) is 32.2 Å². The van der Waals surface area contributed by atoms with E-state index >= 15 is 0 Å². The molecule has 1 aliphatic heterocycles. The Balaban J connectivity index is 1.15. The van der Waals surface area contributed by atoms with Crippen LogP contribution in [0.2, 0.25) is 5.02 Å². The zero-order chi connectivity index (χ0) is 28.1. The number of hydrogen-bond acceptors (Lipinski definition) is 6. The Kier molecular flexibility index (Phi) is 6.85. The van der Waals surface area contributed by atoms with Gasteiger partial charge in [-0.1, -0.05) is 11.6 Å². The molecule has 0 bridgehead atoms. The average Bonchev–Trinajstić information content (AvgIpc) is 3.45. The van der Waals surface area contributed by atoms with E-state index in [-0.39, 0.29) is 42.3 Å². The van der Waals surface area contributed by atoms with Crippen molar-refractivity contribution in [2.45, 2.75) is 57.7 Å². The van der Waals surface area contributed by atoms with Crippen molar-refractivity contribution in [2.24, 2.45) is 11.8 Å². The van der Waals surface area contributed by atoms with E-state index in [9.17, 15) is 14.9 Å². The quantitative estimate of drug-likeness (QED) is 0.435. The van der Waals surface area contributed by atoms with Crippen LogP contribution < -0.4 is 10.2 Å². The number of pyridine rings is 1. The second kappa shape index (κ2) is 10.3. The molecule has 3 fully saturated rings. The number of benzene rings is 1. The molecule has 1 aromatic carbocycles. The Hall–Kier alpha value is -3.74. The third-order valence-electron chi connectivity index (χ3n) is 8.56. The molecule has 206 valence electrons. The van der Waals surface area contributed by atoms with Crippen LogP contribution in [-0.4, -0.2) is 46.3 Å². The third-order valence-corrected chi connectivity index (χ3v) is 8.80. The predicted octanol–water partition coefficient (Wildman–Crippen LogP) is 4.53. The van der Waals surface area contributed by atoms with Gasteiger partial charge in [0.15, 0.2) is 0 Å².